The van der Waals surface area contributed by atoms with Crippen LogP contribution in [0.5, 0.6) is 0 Å². The number of nitrogens with zero attached hydrogens (tertiary/aromatic N) is 2. The van der Waals surface area contributed by atoms with Gasteiger partial charge in [-0.15, -0.1) is 0 Å². The molecule has 0 saturated heterocycles. The molecule has 0 aliphatic rings. The third-order valence-electron chi connectivity index (χ3n) is 7.35. The Kier molecular flexibility index (Phi) is 10.7. The number of nitrogens with one attached hydrogen (secondary N) is 1. The highest BCUT2D eigenvalue weighted by Crippen LogP contribution is 2.28. The Hall–Kier alpha value is -4.43. The molecule has 2 amide bonds. The lowest BCUT2D eigenvalue weighted by molar-refractivity contribution is -0.140. The maximum Gasteiger partial charge on any atom is 0.264 e. The van der Waals surface area contributed by atoms with Crippen LogP contribution in [0.2, 0.25) is 0 Å². The number of carbonyl (C=O) groups excluding carboxylic acids is 2. The summed E-state index contributed by atoms with van der Waals surface area (Å²) in [5.74, 6) is -0.768. The molecule has 1 unspecified atom stereocenters. The van der Waals surface area contributed by atoms with E-state index >= 15 is 0 Å². The van der Waals surface area contributed by atoms with Crippen LogP contribution in [-0.2, 0) is 39.0 Å². The minimum Gasteiger partial charge on any atom is -0.355 e. The fourth-order valence-electron chi connectivity index (χ4n) is 5.03. The van der Waals surface area contributed by atoms with Crippen molar-refractivity contribution in [3.63, 3.8) is 0 Å². The van der Waals surface area contributed by atoms with Gasteiger partial charge in [0.1, 0.15) is 12.6 Å². The molecule has 0 heterocycles. The van der Waals surface area contributed by atoms with Crippen molar-refractivity contribution in [2.24, 2.45) is 0 Å². The van der Waals surface area contributed by atoms with Gasteiger partial charge >= 0.3 is 0 Å². The summed E-state index contributed by atoms with van der Waals surface area (Å²) in [4.78, 5) is 29.6. The smallest absolute Gasteiger partial charge is 0.264 e. The van der Waals surface area contributed by atoms with Crippen molar-refractivity contribution in [2.75, 3.05) is 17.4 Å². The van der Waals surface area contributed by atoms with Gasteiger partial charge in [0.2, 0.25) is 11.8 Å². The Bertz CT molecular complexity index is 1610. The zero-order chi connectivity index (χ0) is 30.8. The van der Waals surface area contributed by atoms with E-state index in [4.69, 9.17) is 0 Å². The van der Waals surface area contributed by atoms with Gasteiger partial charge in [0.15, 0.2) is 0 Å². The summed E-state index contributed by atoms with van der Waals surface area (Å²) in [6.07, 6.45) is 0.856. The van der Waals surface area contributed by atoms with Crippen molar-refractivity contribution >= 4 is 27.5 Å². The lowest BCUT2D eigenvalue weighted by atomic mass is 10.0. The van der Waals surface area contributed by atoms with E-state index in [0.29, 0.717) is 18.7 Å². The zero-order valence-corrected chi connectivity index (χ0v) is 25.8. The van der Waals surface area contributed by atoms with E-state index in [1.165, 1.54) is 9.21 Å². The maximum absolute atomic E-state index is 14.4. The highest BCUT2D eigenvalue weighted by atomic mass is 32.2. The monoisotopic (exact) mass is 597 g/mol. The highest BCUT2D eigenvalue weighted by molar-refractivity contribution is 7.92. The molecule has 0 aliphatic heterocycles. The lowest BCUT2D eigenvalue weighted by Crippen LogP contribution is -2.53. The Balaban J connectivity index is 1.81. The van der Waals surface area contributed by atoms with Gasteiger partial charge in [-0.25, -0.2) is 8.42 Å². The van der Waals surface area contributed by atoms with Crippen LogP contribution in [0.3, 0.4) is 0 Å². The molecule has 0 fully saturated rings. The van der Waals surface area contributed by atoms with Crippen LogP contribution in [0.15, 0.2) is 114 Å². The number of anilines is 1. The van der Waals surface area contributed by atoms with Crippen molar-refractivity contribution in [3.05, 3.63) is 131 Å². The summed E-state index contributed by atoms with van der Waals surface area (Å²) in [6.45, 7) is 5.74. The molecule has 43 heavy (non-hydrogen) atoms. The van der Waals surface area contributed by atoms with Gasteiger partial charge in [-0.1, -0.05) is 103 Å². The first kappa shape index (κ1) is 31.5. The molecule has 0 spiro atoms. The van der Waals surface area contributed by atoms with E-state index in [1.807, 2.05) is 93.6 Å². The first-order valence-corrected chi connectivity index (χ1v) is 16.0. The van der Waals surface area contributed by atoms with E-state index in [0.717, 1.165) is 22.3 Å². The third-order valence-corrected chi connectivity index (χ3v) is 9.12. The summed E-state index contributed by atoms with van der Waals surface area (Å²) in [6, 6.07) is 31.9. The van der Waals surface area contributed by atoms with E-state index in [9.17, 15) is 18.0 Å². The summed E-state index contributed by atoms with van der Waals surface area (Å²) < 4.78 is 29.6. The second kappa shape index (κ2) is 14.6. The van der Waals surface area contributed by atoms with Gasteiger partial charge < -0.3 is 10.2 Å². The lowest BCUT2D eigenvalue weighted by Gasteiger charge is -2.34. The normalized spacial score (nSPS) is 11.9. The molecule has 4 aromatic carbocycles. The van der Waals surface area contributed by atoms with E-state index < -0.39 is 28.5 Å². The Morgan fingerprint density at radius 1 is 0.767 bits per heavy atom. The van der Waals surface area contributed by atoms with Crippen molar-refractivity contribution in [1.82, 2.24) is 10.2 Å². The van der Waals surface area contributed by atoms with E-state index in [1.54, 1.807) is 36.4 Å². The molecule has 7 nitrogen and oxygen atoms in total. The summed E-state index contributed by atoms with van der Waals surface area (Å²) >= 11 is 0. The molecular formula is C35H39N3O4S. The van der Waals surface area contributed by atoms with Crippen LogP contribution in [0.25, 0.3) is 0 Å². The number of carbonyl (C=O) groups is 2. The van der Waals surface area contributed by atoms with Crippen molar-refractivity contribution in [1.29, 1.82) is 0 Å². The molecular weight excluding hydrogens is 558 g/mol. The maximum atomic E-state index is 14.4. The van der Waals surface area contributed by atoms with Gasteiger partial charge in [0, 0.05) is 19.5 Å². The number of sulfonamides is 1. The van der Waals surface area contributed by atoms with E-state index in [-0.39, 0.29) is 23.8 Å². The predicted molar refractivity (Wildman–Crippen MR) is 171 cm³/mol. The molecule has 0 saturated carbocycles. The number of para-hydroxylation sites is 1. The molecule has 4 rings (SSSR count). The molecule has 4 aromatic rings. The SMILES string of the molecule is CCNC(=O)C(Cc1ccccc1)N(Cc1ccccc1)C(=O)CN(c1ccccc1CC)S(=O)(=O)c1ccc(C)cc1. The molecule has 224 valence electrons. The predicted octanol–water partition coefficient (Wildman–Crippen LogP) is 5.53. The number of amides is 2. The number of likely N-dealkylation sites (N-methyl/N-ethyl adjacent to an activating group) is 1. The number of rotatable bonds is 13. The Labute approximate surface area is 255 Å². The van der Waals surface area contributed by atoms with Crippen LogP contribution in [0.4, 0.5) is 5.69 Å². The summed E-state index contributed by atoms with van der Waals surface area (Å²) in [5, 5.41) is 2.89. The number of benzene rings is 4. The summed E-state index contributed by atoms with van der Waals surface area (Å²) in [7, 11) is -4.13. The van der Waals surface area contributed by atoms with Gasteiger partial charge in [-0.3, -0.25) is 13.9 Å². The fraction of sp³-hybridized carbons (Fsp3) is 0.257. The van der Waals surface area contributed by atoms with Crippen LogP contribution < -0.4 is 9.62 Å². The standard InChI is InChI=1S/C35H39N3O4S/c1-4-30-18-12-13-19-32(30)38(43(41,42)31-22-20-27(3)21-23-31)26-34(39)37(25-29-16-10-7-11-17-29)33(35(40)36-5-2)24-28-14-8-6-9-15-28/h6-23,33H,4-5,24-26H2,1-3H3,(H,36,40). The summed E-state index contributed by atoms with van der Waals surface area (Å²) in [5.41, 5.74) is 3.89. The molecule has 0 aromatic heterocycles. The molecule has 0 aliphatic carbocycles. The Morgan fingerprint density at radius 3 is 1.95 bits per heavy atom. The second-order valence-electron chi connectivity index (χ2n) is 10.4. The van der Waals surface area contributed by atoms with Crippen molar-refractivity contribution in [2.45, 2.75) is 51.1 Å². The quantitative estimate of drug-likeness (QED) is 0.220. The minimum absolute atomic E-state index is 0.0935. The van der Waals surface area contributed by atoms with Gasteiger partial charge in [0.05, 0.1) is 10.6 Å². The molecule has 0 bridgehead atoms. The number of aryl methyl sites for hydroxylation is 2. The van der Waals surface area contributed by atoms with Crippen LogP contribution in [-0.4, -0.2) is 44.3 Å². The molecule has 0 radical (unpaired) electrons. The first-order valence-electron chi connectivity index (χ1n) is 14.6. The van der Waals surface area contributed by atoms with Gasteiger partial charge in [-0.2, -0.15) is 0 Å². The highest BCUT2D eigenvalue weighted by Gasteiger charge is 2.35. The van der Waals surface area contributed by atoms with Gasteiger partial charge in [-0.05, 0) is 55.2 Å². The van der Waals surface area contributed by atoms with E-state index in [2.05, 4.69) is 5.32 Å². The molecule has 1 atom stereocenters. The number of hydrogen-bond donors (Lipinski definition) is 1. The Morgan fingerprint density at radius 2 is 1.35 bits per heavy atom. The minimum atomic E-state index is -4.13. The topological polar surface area (TPSA) is 86.8 Å². The van der Waals surface area contributed by atoms with Gasteiger partial charge in [0.25, 0.3) is 10.0 Å². The zero-order valence-electron chi connectivity index (χ0n) is 24.9. The molecule has 8 heteroatoms. The average molecular weight is 598 g/mol. The van der Waals surface area contributed by atoms with Crippen molar-refractivity contribution < 1.29 is 18.0 Å². The van der Waals surface area contributed by atoms with Crippen LogP contribution >= 0.6 is 0 Å². The van der Waals surface area contributed by atoms with Crippen molar-refractivity contribution in [3.8, 4) is 0 Å². The van der Waals surface area contributed by atoms with Crippen LogP contribution in [0, 0.1) is 6.92 Å². The third kappa shape index (κ3) is 7.90. The first-order chi connectivity index (χ1) is 20.7. The second-order valence-corrected chi connectivity index (χ2v) is 12.3. The number of hydrogen-bond acceptors (Lipinski definition) is 4. The van der Waals surface area contributed by atoms with Crippen LogP contribution in [0.1, 0.15) is 36.1 Å². The fourth-order valence-corrected chi connectivity index (χ4v) is 6.48. The molecule has 1 N–H and O–H groups in total. The largest absolute Gasteiger partial charge is 0.355 e. The average Bonchev–Trinajstić information content (AvgIpc) is 3.02.